The van der Waals surface area contributed by atoms with Crippen LogP contribution in [0, 0.1) is 0 Å². The second-order valence-electron chi connectivity index (χ2n) is 6.30. The Kier molecular flexibility index (Phi) is 5.33. The van der Waals surface area contributed by atoms with E-state index in [0.717, 1.165) is 11.2 Å². The molecular weight excluding hydrogens is 412 g/mol. The number of amides is 2. The van der Waals surface area contributed by atoms with Crippen molar-refractivity contribution in [3.63, 3.8) is 0 Å². The van der Waals surface area contributed by atoms with E-state index in [1.807, 2.05) is 0 Å². The van der Waals surface area contributed by atoms with Gasteiger partial charge in [0, 0.05) is 17.1 Å². The van der Waals surface area contributed by atoms with E-state index in [-0.39, 0.29) is 36.6 Å². The first-order valence-electron chi connectivity index (χ1n) is 8.06. The average molecular weight is 429 g/mol. The van der Waals surface area contributed by atoms with Crippen LogP contribution in [0.5, 0.6) is 0 Å². The zero-order valence-electron chi connectivity index (χ0n) is 14.7. The molecule has 150 valence electrons. The lowest BCUT2D eigenvalue weighted by molar-refractivity contribution is 0.0972. The number of hydrogen-bond acceptors (Lipinski definition) is 6. The van der Waals surface area contributed by atoms with Gasteiger partial charge in [-0.15, -0.1) is 0 Å². The maximum absolute atomic E-state index is 12.2. The third-order valence-electron chi connectivity index (χ3n) is 4.22. The maximum Gasteiger partial charge on any atom is 0.407 e. The first-order valence-corrected chi connectivity index (χ1v) is 10.3. The van der Waals surface area contributed by atoms with Crippen molar-refractivity contribution in [2.75, 3.05) is 19.4 Å². The highest BCUT2D eigenvalue weighted by Gasteiger charge is 2.35. The Balaban J connectivity index is 2.14. The van der Waals surface area contributed by atoms with Gasteiger partial charge in [-0.05, 0) is 12.1 Å². The Morgan fingerprint density at radius 1 is 1.43 bits per heavy atom. The van der Waals surface area contributed by atoms with Crippen LogP contribution in [0.25, 0.3) is 11.3 Å². The highest BCUT2D eigenvalue weighted by molar-refractivity contribution is 7.85. The van der Waals surface area contributed by atoms with Crippen LogP contribution in [0.4, 0.5) is 4.79 Å². The molecule has 0 saturated carbocycles. The standard InChI is InChI=1S/C16H17ClN4O6S/c1-28(25,26)27-8-11-6-20(16(23)24)7-12-13(15(18)22)14(19-21(11)12)9-3-2-4-10(17)5-9/h2-5,11H,6-8H2,1H3,(H2,18,22)(H,23,24). The Morgan fingerprint density at radius 3 is 2.71 bits per heavy atom. The number of fused-ring (bicyclic) bond motifs is 1. The molecule has 2 amide bonds. The van der Waals surface area contributed by atoms with Gasteiger partial charge in [-0.3, -0.25) is 13.7 Å². The number of carbonyl (C=O) groups excluding carboxylic acids is 1. The number of rotatable bonds is 5. The van der Waals surface area contributed by atoms with E-state index in [0.29, 0.717) is 10.6 Å². The van der Waals surface area contributed by atoms with Crippen LogP contribution < -0.4 is 5.73 Å². The molecular formula is C16H17ClN4O6S. The molecule has 0 saturated heterocycles. The zero-order chi connectivity index (χ0) is 20.6. The van der Waals surface area contributed by atoms with Crippen molar-refractivity contribution in [1.29, 1.82) is 0 Å². The summed E-state index contributed by atoms with van der Waals surface area (Å²) in [5.74, 6) is -0.786. The second-order valence-corrected chi connectivity index (χ2v) is 8.38. The van der Waals surface area contributed by atoms with Crippen molar-refractivity contribution in [3.05, 3.63) is 40.5 Å². The highest BCUT2D eigenvalue weighted by atomic mass is 35.5. The molecule has 12 heteroatoms. The summed E-state index contributed by atoms with van der Waals surface area (Å²) in [6.07, 6.45) is -0.336. The van der Waals surface area contributed by atoms with Crippen LogP contribution in [-0.4, -0.2) is 59.6 Å². The minimum absolute atomic E-state index is 0.0533. The summed E-state index contributed by atoms with van der Waals surface area (Å²) in [6, 6.07) is 5.85. The summed E-state index contributed by atoms with van der Waals surface area (Å²) >= 11 is 6.02. The Labute approximate surface area is 165 Å². The Bertz CT molecular complexity index is 1050. The lowest BCUT2D eigenvalue weighted by Gasteiger charge is -2.32. The van der Waals surface area contributed by atoms with E-state index in [1.165, 1.54) is 4.68 Å². The van der Waals surface area contributed by atoms with Crippen molar-refractivity contribution >= 4 is 33.7 Å². The van der Waals surface area contributed by atoms with Crippen molar-refractivity contribution in [1.82, 2.24) is 14.7 Å². The van der Waals surface area contributed by atoms with E-state index < -0.39 is 28.2 Å². The van der Waals surface area contributed by atoms with Gasteiger partial charge in [-0.2, -0.15) is 13.5 Å². The van der Waals surface area contributed by atoms with Crippen LogP contribution in [0.15, 0.2) is 24.3 Å². The van der Waals surface area contributed by atoms with E-state index >= 15 is 0 Å². The highest BCUT2D eigenvalue weighted by Crippen LogP contribution is 2.32. The fraction of sp³-hybridized carbons (Fsp3) is 0.312. The molecule has 10 nitrogen and oxygen atoms in total. The predicted molar refractivity (Wildman–Crippen MR) is 99.5 cm³/mol. The van der Waals surface area contributed by atoms with Gasteiger partial charge in [-0.1, -0.05) is 23.7 Å². The van der Waals surface area contributed by atoms with Crippen molar-refractivity contribution in [2.45, 2.75) is 12.6 Å². The number of benzene rings is 1. The summed E-state index contributed by atoms with van der Waals surface area (Å²) in [6.45, 7) is -0.534. The molecule has 2 heterocycles. The number of nitrogens with two attached hydrogens (primary N) is 1. The summed E-state index contributed by atoms with van der Waals surface area (Å²) in [5, 5.41) is 14.2. The van der Waals surface area contributed by atoms with E-state index in [4.69, 9.17) is 21.5 Å². The molecule has 0 bridgehead atoms. The molecule has 1 aliphatic heterocycles. The molecule has 1 aromatic heterocycles. The monoisotopic (exact) mass is 428 g/mol. The number of carbonyl (C=O) groups is 2. The van der Waals surface area contributed by atoms with Gasteiger partial charge < -0.3 is 15.7 Å². The van der Waals surface area contributed by atoms with Crippen LogP contribution >= 0.6 is 11.6 Å². The molecule has 3 N–H and O–H groups in total. The Hall–Kier alpha value is -2.63. The number of aromatic nitrogens is 2. The molecule has 0 radical (unpaired) electrons. The first-order chi connectivity index (χ1) is 13.1. The molecule has 1 aromatic carbocycles. The van der Waals surface area contributed by atoms with Crippen molar-refractivity contribution in [2.24, 2.45) is 5.73 Å². The van der Waals surface area contributed by atoms with Crippen molar-refractivity contribution < 1.29 is 27.3 Å². The molecule has 1 aliphatic rings. The molecule has 0 fully saturated rings. The number of halogens is 1. The molecule has 28 heavy (non-hydrogen) atoms. The average Bonchev–Trinajstić information content (AvgIpc) is 2.98. The molecule has 0 aliphatic carbocycles. The largest absolute Gasteiger partial charge is 0.465 e. The van der Waals surface area contributed by atoms with Crippen LogP contribution in [0.3, 0.4) is 0 Å². The minimum Gasteiger partial charge on any atom is -0.465 e. The number of hydrogen-bond donors (Lipinski definition) is 2. The SMILES string of the molecule is CS(=O)(=O)OCC1CN(C(=O)O)Cc2c(C(N)=O)c(-c3cccc(Cl)c3)nn21. The summed E-state index contributed by atoms with van der Waals surface area (Å²) < 4.78 is 29.0. The number of nitrogens with zero attached hydrogens (tertiary/aromatic N) is 3. The van der Waals surface area contributed by atoms with Gasteiger partial charge in [0.25, 0.3) is 16.0 Å². The van der Waals surface area contributed by atoms with Gasteiger partial charge in [0.2, 0.25) is 0 Å². The Morgan fingerprint density at radius 2 is 2.14 bits per heavy atom. The number of carboxylic acid groups (broad SMARTS) is 1. The maximum atomic E-state index is 12.2. The van der Waals surface area contributed by atoms with E-state index in [1.54, 1.807) is 24.3 Å². The van der Waals surface area contributed by atoms with Gasteiger partial charge in [-0.25, -0.2) is 4.79 Å². The fourth-order valence-corrected chi connectivity index (χ4v) is 3.66. The van der Waals surface area contributed by atoms with Crippen molar-refractivity contribution in [3.8, 4) is 11.3 Å². The molecule has 2 aromatic rings. The number of primary amides is 1. The lowest BCUT2D eigenvalue weighted by Crippen LogP contribution is -2.43. The topological polar surface area (TPSA) is 145 Å². The smallest absolute Gasteiger partial charge is 0.407 e. The summed E-state index contributed by atoms with van der Waals surface area (Å²) in [4.78, 5) is 24.7. The summed E-state index contributed by atoms with van der Waals surface area (Å²) in [5.41, 5.74) is 6.62. The molecule has 0 spiro atoms. The third-order valence-corrected chi connectivity index (χ3v) is 5.02. The van der Waals surface area contributed by atoms with Gasteiger partial charge in [0.05, 0.1) is 36.7 Å². The molecule has 3 rings (SSSR count). The third kappa shape index (κ3) is 4.11. The lowest BCUT2D eigenvalue weighted by atomic mass is 10.0. The van der Waals surface area contributed by atoms with Gasteiger partial charge in [0.15, 0.2) is 0 Å². The summed E-state index contributed by atoms with van der Waals surface area (Å²) in [7, 11) is -3.76. The predicted octanol–water partition coefficient (Wildman–Crippen LogP) is 1.31. The van der Waals surface area contributed by atoms with E-state index in [2.05, 4.69) is 5.10 Å². The van der Waals surface area contributed by atoms with Crippen LogP contribution in [-0.2, 0) is 20.8 Å². The first kappa shape index (κ1) is 20.1. The normalized spacial score (nSPS) is 16.6. The fourth-order valence-electron chi connectivity index (χ4n) is 3.07. The van der Waals surface area contributed by atoms with Crippen LogP contribution in [0.2, 0.25) is 5.02 Å². The van der Waals surface area contributed by atoms with Gasteiger partial charge >= 0.3 is 6.09 Å². The van der Waals surface area contributed by atoms with E-state index in [9.17, 15) is 23.1 Å². The molecule has 1 atom stereocenters. The quantitative estimate of drug-likeness (QED) is 0.683. The molecule has 1 unspecified atom stereocenters. The minimum atomic E-state index is -3.76. The zero-order valence-corrected chi connectivity index (χ0v) is 16.3. The van der Waals surface area contributed by atoms with Gasteiger partial charge in [0.1, 0.15) is 5.69 Å². The van der Waals surface area contributed by atoms with Crippen LogP contribution in [0.1, 0.15) is 22.1 Å². The second kappa shape index (κ2) is 7.41.